The van der Waals surface area contributed by atoms with Crippen molar-refractivity contribution < 1.29 is 4.79 Å². The van der Waals surface area contributed by atoms with Gasteiger partial charge in [-0.15, -0.1) is 11.3 Å². The highest BCUT2D eigenvalue weighted by molar-refractivity contribution is 7.09. The second kappa shape index (κ2) is 8.81. The van der Waals surface area contributed by atoms with Crippen molar-refractivity contribution >= 4 is 17.4 Å². The van der Waals surface area contributed by atoms with Crippen LogP contribution in [0.3, 0.4) is 0 Å². The first-order valence-electron chi connectivity index (χ1n) is 9.40. The highest BCUT2D eigenvalue weighted by Crippen LogP contribution is 2.20. The first-order chi connectivity index (χ1) is 11.7. The summed E-state index contributed by atoms with van der Waals surface area (Å²) in [6.07, 6.45) is 8.10. The molecule has 0 saturated carbocycles. The van der Waals surface area contributed by atoms with Crippen LogP contribution in [-0.4, -0.2) is 59.6 Å². The summed E-state index contributed by atoms with van der Waals surface area (Å²) in [5.74, 6) is 0. The summed E-state index contributed by atoms with van der Waals surface area (Å²) in [7, 11) is 0. The molecule has 134 valence electrons. The molecule has 24 heavy (non-hydrogen) atoms. The van der Waals surface area contributed by atoms with E-state index in [4.69, 9.17) is 0 Å². The van der Waals surface area contributed by atoms with Crippen molar-refractivity contribution in [3.63, 3.8) is 0 Å². The van der Waals surface area contributed by atoms with E-state index in [9.17, 15) is 4.79 Å². The lowest BCUT2D eigenvalue weighted by molar-refractivity contribution is 0.127. The van der Waals surface area contributed by atoms with Crippen molar-refractivity contribution in [2.75, 3.05) is 32.7 Å². The van der Waals surface area contributed by atoms with Crippen LogP contribution in [0, 0.1) is 6.92 Å². The van der Waals surface area contributed by atoms with Crippen molar-refractivity contribution in [3.8, 4) is 0 Å². The Morgan fingerprint density at radius 1 is 1.29 bits per heavy atom. The van der Waals surface area contributed by atoms with Crippen LogP contribution in [-0.2, 0) is 6.42 Å². The molecule has 3 heterocycles. The number of likely N-dealkylation sites (tertiary alicyclic amines) is 2. The van der Waals surface area contributed by atoms with Crippen molar-refractivity contribution in [2.24, 2.45) is 0 Å². The van der Waals surface area contributed by atoms with Crippen LogP contribution in [0.25, 0.3) is 0 Å². The molecule has 2 aliphatic rings. The maximum atomic E-state index is 12.6. The normalized spacial score (nSPS) is 22.0. The molecule has 0 bridgehead atoms. The molecule has 0 radical (unpaired) electrons. The lowest BCUT2D eigenvalue weighted by Crippen LogP contribution is -2.52. The van der Waals surface area contributed by atoms with E-state index in [2.05, 4.69) is 25.5 Å². The molecule has 2 aliphatic heterocycles. The first kappa shape index (κ1) is 17.7. The monoisotopic (exact) mass is 350 g/mol. The second-order valence-corrected chi connectivity index (χ2v) is 8.01. The van der Waals surface area contributed by atoms with Gasteiger partial charge in [0.15, 0.2) is 0 Å². The molecule has 1 N–H and O–H groups in total. The zero-order valence-electron chi connectivity index (χ0n) is 14.8. The minimum absolute atomic E-state index is 0.134. The third-order valence-electron chi connectivity index (χ3n) is 5.07. The Balaban J connectivity index is 1.41. The smallest absolute Gasteiger partial charge is 0.317 e. The number of carbonyl (C=O) groups excluding carboxylic acids is 1. The maximum Gasteiger partial charge on any atom is 0.317 e. The molecule has 0 spiro atoms. The zero-order valence-corrected chi connectivity index (χ0v) is 15.6. The fourth-order valence-corrected chi connectivity index (χ4v) is 4.59. The number of aryl methyl sites for hydroxylation is 2. The van der Waals surface area contributed by atoms with Crippen molar-refractivity contribution in [1.82, 2.24) is 20.1 Å². The largest absolute Gasteiger partial charge is 0.338 e. The number of rotatable bonds is 6. The van der Waals surface area contributed by atoms with Gasteiger partial charge in [-0.3, -0.25) is 0 Å². The SMILES string of the molecule is Cc1csc(CCCNC(=O)N2CCCCC2CN2CCCC2)n1. The number of aromatic nitrogens is 1. The molecule has 0 aliphatic carbocycles. The van der Waals surface area contributed by atoms with Gasteiger partial charge in [0.1, 0.15) is 0 Å². The van der Waals surface area contributed by atoms with Gasteiger partial charge < -0.3 is 15.1 Å². The Morgan fingerprint density at radius 3 is 2.83 bits per heavy atom. The highest BCUT2D eigenvalue weighted by atomic mass is 32.1. The van der Waals surface area contributed by atoms with Gasteiger partial charge >= 0.3 is 6.03 Å². The molecule has 1 aromatic rings. The molecule has 0 aromatic carbocycles. The van der Waals surface area contributed by atoms with E-state index >= 15 is 0 Å². The summed E-state index contributed by atoms with van der Waals surface area (Å²) >= 11 is 1.71. The van der Waals surface area contributed by atoms with Gasteiger partial charge in [0.25, 0.3) is 0 Å². The van der Waals surface area contributed by atoms with E-state index in [-0.39, 0.29) is 6.03 Å². The number of thiazole rings is 1. The molecule has 1 atom stereocenters. The molecule has 2 fully saturated rings. The molecule has 1 unspecified atom stereocenters. The van der Waals surface area contributed by atoms with Gasteiger partial charge in [0, 0.05) is 43.2 Å². The van der Waals surface area contributed by atoms with Gasteiger partial charge in [-0.1, -0.05) is 0 Å². The van der Waals surface area contributed by atoms with E-state index in [1.807, 2.05) is 6.92 Å². The zero-order chi connectivity index (χ0) is 16.8. The molecule has 6 heteroatoms. The van der Waals surface area contributed by atoms with Crippen LogP contribution < -0.4 is 5.32 Å². The molecule has 3 rings (SSSR count). The second-order valence-electron chi connectivity index (χ2n) is 7.07. The van der Waals surface area contributed by atoms with Gasteiger partial charge in [-0.05, 0) is 58.5 Å². The molecule has 1 aromatic heterocycles. The van der Waals surface area contributed by atoms with Gasteiger partial charge in [-0.2, -0.15) is 0 Å². The summed E-state index contributed by atoms with van der Waals surface area (Å²) in [6.45, 7) is 7.16. The Bertz CT molecular complexity index is 527. The van der Waals surface area contributed by atoms with Crippen LogP contribution in [0.5, 0.6) is 0 Å². The van der Waals surface area contributed by atoms with E-state index in [0.717, 1.165) is 51.0 Å². The van der Waals surface area contributed by atoms with Crippen molar-refractivity contribution in [1.29, 1.82) is 0 Å². The van der Waals surface area contributed by atoms with E-state index in [0.29, 0.717) is 6.04 Å². The number of nitrogens with one attached hydrogen (secondary N) is 1. The van der Waals surface area contributed by atoms with Crippen LogP contribution in [0.2, 0.25) is 0 Å². The number of nitrogens with zero attached hydrogens (tertiary/aromatic N) is 3. The van der Waals surface area contributed by atoms with E-state index in [1.165, 1.54) is 37.4 Å². The maximum absolute atomic E-state index is 12.6. The average molecular weight is 351 g/mol. The number of amides is 2. The minimum atomic E-state index is 0.134. The van der Waals surface area contributed by atoms with Crippen LogP contribution >= 0.6 is 11.3 Å². The van der Waals surface area contributed by atoms with Crippen molar-refractivity contribution in [2.45, 2.75) is 57.9 Å². The van der Waals surface area contributed by atoms with Crippen LogP contribution in [0.15, 0.2) is 5.38 Å². The standard InChI is InChI=1S/C18H30N4OS/c1-15-14-24-17(20-15)8-6-9-19-18(23)22-12-3-2-7-16(22)13-21-10-4-5-11-21/h14,16H,2-13H2,1H3,(H,19,23). The summed E-state index contributed by atoms with van der Waals surface area (Å²) in [5.41, 5.74) is 1.09. The van der Waals surface area contributed by atoms with E-state index < -0.39 is 0 Å². The van der Waals surface area contributed by atoms with E-state index in [1.54, 1.807) is 11.3 Å². The lowest BCUT2D eigenvalue weighted by Gasteiger charge is -2.37. The Morgan fingerprint density at radius 2 is 2.08 bits per heavy atom. The summed E-state index contributed by atoms with van der Waals surface area (Å²) in [4.78, 5) is 21.7. The van der Waals surface area contributed by atoms with Crippen molar-refractivity contribution in [3.05, 3.63) is 16.1 Å². The molecule has 2 saturated heterocycles. The fourth-order valence-electron chi connectivity index (χ4n) is 3.77. The third kappa shape index (κ3) is 4.93. The third-order valence-corrected chi connectivity index (χ3v) is 6.09. The summed E-state index contributed by atoms with van der Waals surface area (Å²) in [5, 5.41) is 6.39. The van der Waals surface area contributed by atoms with Crippen LogP contribution in [0.1, 0.15) is 49.2 Å². The highest BCUT2D eigenvalue weighted by Gasteiger charge is 2.28. The lowest BCUT2D eigenvalue weighted by atomic mass is 10.0. The van der Waals surface area contributed by atoms with Crippen LogP contribution in [0.4, 0.5) is 4.79 Å². The first-order valence-corrected chi connectivity index (χ1v) is 10.3. The number of hydrogen-bond acceptors (Lipinski definition) is 4. The molecule has 2 amide bonds. The summed E-state index contributed by atoms with van der Waals surface area (Å²) in [6, 6.07) is 0.535. The summed E-state index contributed by atoms with van der Waals surface area (Å²) < 4.78 is 0. The molecule has 5 nitrogen and oxygen atoms in total. The Kier molecular flexibility index (Phi) is 6.49. The predicted molar refractivity (Wildman–Crippen MR) is 98.6 cm³/mol. The van der Waals surface area contributed by atoms with Gasteiger partial charge in [0.2, 0.25) is 0 Å². The fraction of sp³-hybridized carbons (Fsp3) is 0.778. The minimum Gasteiger partial charge on any atom is -0.338 e. The number of urea groups is 1. The quantitative estimate of drug-likeness (QED) is 0.802. The topological polar surface area (TPSA) is 48.5 Å². The number of hydrogen-bond donors (Lipinski definition) is 1. The molecular formula is C18H30N4OS. The molecular weight excluding hydrogens is 320 g/mol. The Labute approximate surface area is 149 Å². The van der Waals surface area contributed by atoms with Gasteiger partial charge in [0.05, 0.1) is 5.01 Å². The number of carbonyl (C=O) groups is 1. The average Bonchev–Trinajstić information content (AvgIpc) is 3.24. The van der Waals surface area contributed by atoms with Gasteiger partial charge in [-0.25, -0.2) is 9.78 Å². The Hall–Kier alpha value is -1.14. The predicted octanol–water partition coefficient (Wildman–Crippen LogP) is 3.04. The number of piperidine rings is 1.